The van der Waals surface area contributed by atoms with Crippen LogP contribution in [0.5, 0.6) is 0 Å². The predicted molar refractivity (Wildman–Crippen MR) is 83.2 cm³/mol. The highest BCUT2D eigenvalue weighted by Gasteiger charge is 2.29. The van der Waals surface area contributed by atoms with Gasteiger partial charge in [0.2, 0.25) is 0 Å². The number of oxazole rings is 1. The first kappa shape index (κ1) is 15.7. The standard InChI is InChI=1S/C16H22N4O3/c1-12-14(18-11-23-12)16(21)20-6-3-4-13(10-20)15-17-5-7-19(15)8-9-22-2/h5,7,11,13H,3-4,6,8-10H2,1-2H3/t13-/m1/s1. The van der Waals surface area contributed by atoms with E-state index >= 15 is 0 Å². The van der Waals surface area contributed by atoms with Gasteiger partial charge < -0.3 is 18.6 Å². The Kier molecular flexibility index (Phi) is 4.76. The molecule has 3 rings (SSSR count). The van der Waals surface area contributed by atoms with Crippen molar-refractivity contribution in [3.05, 3.63) is 36.1 Å². The number of methoxy groups -OCH3 is 1. The van der Waals surface area contributed by atoms with Gasteiger partial charge in [0.15, 0.2) is 12.1 Å². The van der Waals surface area contributed by atoms with Crippen LogP contribution in [-0.4, -0.2) is 52.1 Å². The molecule has 2 aromatic rings. The van der Waals surface area contributed by atoms with Gasteiger partial charge in [0.25, 0.3) is 5.91 Å². The number of aryl methyl sites for hydroxylation is 1. The summed E-state index contributed by atoms with van der Waals surface area (Å²) in [6.45, 7) is 4.60. The summed E-state index contributed by atoms with van der Waals surface area (Å²) in [5.41, 5.74) is 0.411. The van der Waals surface area contributed by atoms with Crippen molar-refractivity contribution in [1.29, 1.82) is 0 Å². The molecule has 124 valence electrons. The smallest absolute Gasteiger partial charge is 0.276 e. The molecule has 0 aromatic carbocycles. The van der Waals surface area contributed by atoms with Crippen molar-refractivity contribution in [2.24, 2.45) is 0 Å². The minimum Gasteiger partial charge on any atom is -0.448 e. The number of carbonyl (C=O) groups is 1. The average molecular weight is 318 g/mol. The van der Waals surface area contributed by atoms with Crippen LogP contribution in [0.15, 0.2) is 23.2 Å². The van der Waals surface area contributed by atoms with Gasteiger partial charge in [-0.1, -0.05) is 0 Å². The Morgan fingerprint density at radius 2 is 2.35 bits per heavy atom. The van der Waals surface area contributed by atoms with Gasteiger partial charge in [-0.2, -0.15) is 0 Å². The van der Waals surface area contributed by atoms with Crippen LogP contribution in [0.1, 0.15) is 40.8 Å². The van der Waals surface area contributed by atoms with Crippen molar-refractivity contribution in [2.45, 2.75) is 32.2 Å². The lowest BCUT2D eigenvalue weighted by molar-refractivity contribution is 0.0695. The molecule has 23 heavy (non-hydrogen) atoms. The fraction of sp³-hybridized carbons (Fsp3) is 0.562. The molecule has 7 nitrogen and oxygen atoms in total. The van der Waals surface area contributed by atoms with Gasteiger partial charge in [-0.05, 0) is 19.8 Å². The van der Waals surface area contributed by atoms with E-state index in [1.165, 1.54) is 6.39 Å². The largest absolute Gasteiger partial charge is 0.448 e. The molecule has 0 aliphatic carbocycles. The Balaban J connectivity index is 1.72. The fourth-order valence-electron chi connectivity index (χ4n) is 3.09. The summed E-state index contributed by atoms with van der Waals surface area (Å²) in [6.07, 6.45) is 7.10. The number of aromatic nitrogens is 3. The van der Waals surface area contributed by atoms with Gasteiger partial charge in [0, 0.05) is 45.1 Å². The molecule has 0 N–H and O–H groups in total. The molecular formula is C16H22N4O3. The topological polar surface area (TPSA) is 73.4 Å². The third-order valence-electron chi connectivity index (χ3n) is 4.31. The molecule has 0 radical (unpaired) electrons. The lowest BCUT2D eigenvalue weighted by Gasteiger charge is -2.32. The molecule has 1 saturated heterocycles. The monoisotopic (exact) mass is 318 g/mol. The summed E-state index contributed by atoms with van der Waals surface area (Å²) in [4.78, 5) is 23.0. The molecule has 1 atom stereocenters. The van der Waals surface area contributed by atoms with Crippen molar-refractivity contribution in [2.75, 3.05) is 26.8 Å². The Hall–Kier alpha value is -2.15. The summed E-state index contributed by atoms with van der Waals surface area (Å²) >= 11 is 0. The van der Waals surface area contributed by atoms with Crippen LogP contribution in [0.25, 0.3) is 0 Å². The number of nitrogens with zero attached hydrogens (tertiary/aromatic N) is 4. The Morgan fingerprint density at radius 3 is 3.09 bits per heavy atom. The Labute approximate surface area is 135 Å². The van der Waals surface area contributed by atoms with E-state index in [1.54, 1.807) is 14.0 Å². The summed E-state index contributed by atoms with van der Waals surface area (Å²) < 4.78 is 12.4. The van der Waals surface area contributed by atoms with Crippen LogP contribution in [0.3, 0.4) is 0 Å². The van der Waals surface area contributed by atoms with E-state index in [0.29, 0.717) is 24.6 Å². The summed E-state index contributed by atoms with van der Waals surface area (Å²) in [5, 5.41) is 0. The van der Waals surface area contributed by atoms with Crippen LogP contribution in [0.2, 0.25) is 0 Å². The van der Waals surface area contributed by atoms with Crippen LogP contribution in [0.4, 0.5) is 0 Å². The molecule has 1 aliphatic rings. The molecule has 0 saturated carbocycles. The summed E-state index contributed by atoms with van der Waals surface area (Å²) in [5.74, 6) is 1.78. The van der Waals surface area contributed by atoms with Crippen molar-refractivity contribution >= 4 is 5.91 Å². The molecular weight excluding hydrogens is 296 g/mol. The second-order valence-corrected chi connectivity index (χ2v) is 5.82. The highest BCUT2D eigenvalue weighted by molar-refractivity contribution is 5.93. The number of amides is 1. The molecule has 1 fully saturated rings. The van der Waals surface area contributed by atoms with E-state index in [4.69, 9.17) is 9.15 Å². The maximum atomic E-state index is 12.6. The maximum Gasteiger partial charge on any atom is 0.276 e. The second kappa shape index (κ2) is 6.95. The van der Waals surface area contributed by atoms with E-state index in [9.17, 15) is 4.79 Å². The van der Waals surface area contributed by atoms with Crippen molar-refractivity contribution < 1.29 is 13.9 Å². The summed E-state index contributed by atoms with van der Waals surface area (Å²) in [6, 6.07) is 0. The van der Waals surface area contributed by atoms with Crippen LogP contribution in [-0.2, 0) is 11.3 Å². The number of piperidine rings is 1. The molecule has 1 amide bonds. The van der Waals surface area contributed by atoms with Gasteiger partial charge in [-0.25, -0.2) is 9.97 Å². The lowest BCUT2D eigenvalue weighted by atomic mass is 9.96. The average Bonchev–Trinajstić information content (AvgIpc) is 3.21. The van der Waals surface area contributed by atoms with E-state index in [2.05, 4.69) is 14.5 Å². The first-order valence-electron chi connectivity index (χ1n) is 7.90. The zero-order valence-corrected chi connectivity index (χ0v) is 13.6. The molecule has 0 spiro atoms. The van der Waals surface area contributed by atoms with Gasteiger partial charge in [-0.15, -0.1) is 0 Å². The second-order valence-electron chi connectivity index (χ2n) is 5.82. The number of hydrogen-bond donors (Lipinski definition) is 0. The zero-order valence-electron chi connectivity index (χ0n) is 13.6. The van der Waals surface area contributed by atoms with E-state index in [0.717, 1.165) is 31.8 Å². The van der Waals surface area contributed by atoms with E-state index in [-0.39, 0.29) is 11.8 Å². The molecule has 2 aromatic heterocycles. The first-order chi connectivity index (χ1) is 11.2. The molecule has 7 heteroatoms. The predicted octanol–water partition coefficient (Wildman–Crippen LogP) is 1.85. The minimum absolute atomic E-state index is 0.0593. The van der Waals surface area contributed by atoms with Gasteiger partial charge >= 0.3 is 0 Å². The molecule has 1 aliphatic heterocycles. The zero-order chi connectivity index (χ0) is 16.2. The minimum atomic E-state index is -0.0593. The number of ether oxygens (including phenoxy) is 1. The van der Waals surface area contributed by atoms with Crippen LogP contribution in [0, 0.1) is 6.92 Å². The van der Waals surface area contributed by atoms with Crippen molar-refractivity contribution in [3.8, 4) is 0 Å². The number of imidazole rings is 1. The number of rotatable bonds is 5. The Morgan fingerprint density at radius 1 is 1.48 bits per heavy atom. The van der Waals surface area contributed by atoms with Crippen molar-refractivity contribution in [1.82, 2.24) is 19.4 Å². The quantitative estimate of drug-likeness (QED) is 0.841. The van der Waals surface area contributed by atoms with Gasteiger partial charge in [0.1, 0.15) is 11.6 Å². The highest BCUT2D eigenvalue weighted by Crippen LogP contribution is 2.27. The van der Waals surface area contributed by atoms with Crippen LogP contribution >= 0.6 is 0 Å². The SMILES string of the molecule is COCCn1ccnc1[C@@H]1CCCN(C(=O)c2ncoc2C)C1. The van der Waals surface area contributed by atoms with E-state index < -0.39 is 0 Å². The highest BCUT2D eigenvalue weighted by atomic mass is 16.5. The summed E-state index contributed by atoms with van der Waals surface area (Å²) in [7, 11) is 1.69. The molecule has 3 heterocycles. The van der Waals surface area contributed by atoms with E-state index in [1.807, 2.05) is 17.3 Å². The Bertz CT molecular complexity index is 664. The lowest BCUT2D eigenvalue weighted by Crippen LogP contribution is -2.40. The number of likely N-dealkylation sites (tertiary alicyclic amines) is 1. The van der Waals surface area contributed by atoms with Crippen molar-refractivity contribution in [3.63, 3.8) is 0 Å². The number of hydrogen-bond acceptors (Lipinski definition) is 5. The fourth-order valence-corrected chi connectivity index (χ4v) is 3.09. The molecule has 0 bridgehead atoms. The first-order valence-corrected chi connectivity index (χ1v) is 7.90. The van der Waals surface area contributed by atoms with Gasteiger partial charge in [0.05, 0.1) is 6.61 Å². The third kappa shape index (κ3) is 3.29. The third-order valence-corrected chi connectivity index (χ3v) is 4.31. The molecule has 0 unspecified atom stereocenters. The van der Waals surface area contributed by atoms with Crippen LogP contribution < -0.4 is 0 Å². The number of carbonyl (C=O) groups excluding carboxylic acids is 1. The van der Waals surface area contributed by atoms with Gasteiger partial charge in [-0.3, -0.25) is 4.79 Å². The maximum absolute atomic E-state index is 12.6. The normalized spacial score (nSPS) is 18.3.